The molecule has 37 heavy (non-hydrogen) atoms. The lowest BCUT2D eigenvalue weighted by atomic mass is 10.1. The molecule has 0 bridgehead atoms. The molecule has 1 aliphatic rings. The molecule has 1 saturated heterocycles. The molecule has 1 fully saturated rings. The maximum absolute atomic E-state index is 13.2. The number of aryl methyl sites for hydroxylation is 2. The molecule has 2 heterocycles. The van der Waals surface area contributed by atoms with Gasteiger partial charge < -0.3 is 9.64 Å². The van der Waals surface area contributed by atoms with Crippen molar-refractivity contribution in [1.82, 2.24) is 19.4 Å². The number of ether oxygens (including phenoxy) is 1. The van der Waals surface area contributed by atoms with Crippen LogP contribution < -0.4 is 5.32 Å². The fourth-order valence-electron chi connectivity index (χ4n) is 4.29. The minimum absolute atomic E-state index is 0.0258. The van der Waals surface area contributed by atoms with Crippen molar-refractivity contribution in [2.75, 3.05) is 51.3 Å². The summed E-state index contributed by atoms with van der Waals surface area (Å²) in [6.07, 6.45) is 1.93. The fourth-order valence-corrected chi connectivity index (χ4v) is 4.29. The van der Waals surface area contributed by atoms with Gasteiger partial charge in [-0.2, -0.15) is 0 Å². The topological polar surface area (TPSA) is 79.7 Å². The molecular formula is C29H37N5O3. The van der Waals surface area contributed by atoms with Gasteiger partial charge >= 0.3 is 0 Å². The lowest BCUT2D eigenvalue weighted by molar-refractivity contribution is -0.137. The molecular weight excluding hydrogens is 466 g/mol. The highest BCUT2D eigenvalue weighted by Crippen LogP contribution is 2.25. The Bertz CT molecular complexity index is 1200. The quantitative estimate of drug-likeness (QED) is 0.479. The number of carbonyl (C=O) groups excluding carboxylic acids is 2. The van der Waals surface area contributed by atoms with E-state index in [-0.39, 0.29) is 24.3 Å². The van der Waals surface area contributed by atoms with Crippen LogP contribution in [0.3, 0.4) is 0 Å². The van der Waals surface area contributed by atoms with E-state index in [0.29, 0.717) is 32.3 Å². The predicted molar refractivity (Wildman–Crippen MR) is 146 cm³/mol. The number of benzene rings is 2. The largest absolute Gasteiger partial charge is 0.379 e. The fraction of sp³-hybridized carbons (Fsp3) is 0.414. The smallest absolute Gasteiger partial charge is 0.246 e. The number of anilines is 1. The Hall–Kier alpha value is -3.49. The minimum atomic E-state index is -0.273. The molecule has 0 aliphatic carbocycles. The van der Waals surface area contributed by atoms with Crippen LogP contribution in [0.15, 0.2) is 54.7 Å². The van der Waals surface area contributed by atoms with Gasteiger partial charge in [-0.15, -0.1) is 0 Å². The molecule has 1 N–H and O–H groups in total. The second-order valence-corrected chi connectivity index (χ2v) is 9.94. The lowest BCUT2D eigenvalue weighted by Crippen LogP contribution is -2.46. The van der Waals surface area contributed by atoms with Crippen LogP contribution in [0.1, 0.15) is 25.0 Å². The minimum Gasteiger partial charge on any atom is -0.379 e. The van der Waals surface area contributed by atoms with E-state index in [1.54, 1.807) is 4.90 Å². The monoisotopic (exact) mass is 503 g/mol. The number of imidazole rings is 1. The summed E-state index contributed by atoms with van der Waals surface area (Å²) >= 11 is 0. The number of rotatable bonds is 9. The third-order valence-corrected chi connectivity index (χ3v) is 6.55. The van der Waals surface area contributed by atoms with Crippen molar-refractivity contribution in [3.8, 4) is 16.9 Å². The number of nitrogens with zero attached hydrogens (tertiary/aromatic N) is 4. The number of hydrogen-bond donors (Lipinski definition) is 1. The highest BCUT2D eigenvalue weighted by molar-refractivity contribution is 5.94. The molecule has 4 rings (SSSR count). The average Bonchev–Trinajstić information content (AvgIpc) is 3.31. The number of hydrogen-bond acceptors (Lipinski definition) is 5. The first-order chi connectivity index (χ1) is 17.8. The number of carbonyl (C=O) groups is 2. The van der Waals surface area contributed by atoms with Crippen LogP contribution in [-0.2, 0) is 14.3 Å². The van der Waals surface area contributed by atoms with Gasteiger partial charge in [-0.1, -0.05) is 61.4 Å². The van der Waals surface area contributed by atoms with Crippen molar-refractivity contribution in [2.45, 2.75) is 27.7 Å². The van der Waals surface area contributed by atoms with Gasteiger partial charge in [0.25, 0.3) is 0 Å². The van der Waals surface area contributed by atoms with E-state index in [1.165, 1.54) is 5.56 Å². The average molecular weight is 504 g/mol. The van der Waals surface area contributed by atoms with Crippen molar-refractivity contribution in [3.63, 3.8) is 0 Å². The second-order valence-electron chi connectivity index (χ2n) is 9.94. The molecule has 8 heteroatoms. The van der Waals surface area contributed by atoms with Crippen LogP contribution in [-0.4, -0.2) is 77.1 Å². The zero-order chi connectivity index (χ0) is 26.4. The highest BCUT2D eigenvalue weighted by Gasteiger charge is 2.23. The van der Waals surface area contributed by atoms with Crippen LogP contribution in [0.2, 0.25) is 0 Å². The zero-order valence-electron chi connectivity index (χ0n) is 22.2. The van der Waals surface area contributed by atoms with Crippen LogP contribution in [0.25, 0.3) is 16.9 Å². The number of nitrogens with one attached hydrogen (secondary N) is 1. The molecule has 0 unspecified atom stereocenters. The molecule has 0 atom stereocenters. The van der Waals surface area contributed by atoms with Crippen LogP contribution in [0, 0.1) is 19.8 Å². The van der Waals surface area contributed by atoms with E-state index < -0.39 is 0 Å². The predicted octanol–water partition coefficient (Wildman–Crippen LogP) is 3.91. The molecule has 0 radical (unpaired) electrons. The summed E-state index contributed by atoms with van der Waals surface area (Å²) in [6.45, 7) is 12.1. The third-order valence-electron chi connectivity index (χ3n) is 6.55. The summed E-state index contributed by atoms with van der Waals surface area (Å²) in [5.41, 5.74) is 4.94. The molecule has 0 spiro atoms. The lowest BCUT2D eigenvalue weighted by Gasteiger charge is -2.30. The first-order valence-corrected chi connectivity index (χ1v) is 12.9. The number of aromatic nitrogens is 2. The Morgan fingerprint density at radius 2 is 1.62 bits per heavy atom. The summed E-state index contributed by atoms with van der Waals surface area (Å²) < 4.78 is 7.31. The van der Waals surface area contributed by atoms with E-state index in [0.717, 1.165) is 35.6 Å². The second kappa shape index (κ2) is 12.2. The summed E-state index contributed by atoms with van der Waals surface area (Å²) in [7, 11) is 0. The van der Waals surface area contributed by atoms with Gasteiger partial charge in [0.1, 0.15) is 0 Å². The van der Waals surface area contributed by atoms with E-state index in [4.69, 9.17) is 9.72 Å². The SMILES string of the molecule is Cc1ccc(-c2cn(-c3ccc(C)cc3)c(NC(=O)CN(CCN3CCOCC3)C(=O)C(C)C)n2)cc1. The molecule has 3 aromatic rings. The van der Waals surface area contributed by atoms with E-state index in [2.05, 4.69) is 10.2 Å². The van der Waals surface area contributed by atoms with E-state index in [1.807, 2.05) is 87.0 Å². The van der Waals surface area contributed by atoms with Crippen molar-refractivity contribution in [3.05, 3.63) is 65.9 Å². The summed E-state index contributed by atoms with van der Waals surface area (Å²) in [5, 5.41) is 2.97. The molecule has 2 aromatic carbocycles. The Labute approximate surface area is 219 Å². The summed E-state index contributed by atoms with van der Waals surface area (Å²) in [4.78, 5) is 34.8. The number of morpholine rings is 1. The van der Waals surface area contributed by atoms with Crippen LogP contribution >= 0.6 is 0 Å². The van der Waals surface area contributed by atoms with E-state index in [9.17, 15) is 9.59 Å². The number of amides is 2. The standard InChI is InChI=1S/C29H37N5O3/c1-21(2)28(36)33(14-13-32-15-17-37-18-16-32)20-27(35)31-29-30-26(24-9-5-22(3)6-10-24)19-34(29)25-11-7-23(4)8-12-25/h5-12,19,21H,13-18,20H2,1-4H3,(H,30,31,35). The van der Waals surface area contributed by atoms with Gasteiger partial charge in [0, 0.05) is 49.5 Å². The third kappa shape index (κ3) is 7.05. The van der Waals surface area contributed by atoms with Gasteiger partial charge in [-0.25, -0.2) is 4.98 Å². The van der Waals surface area contributed by atoms with Gasteiger partial charge in [0.15, 0.2) is 0 Å². The Kier molecular flexibility index (Phi) is 8.74. The summed E-state index contributed by atoms with van der Waals surface area (Å²) in [5.74, 6) is -0.0780. The Morgan fingerprint density at radius 3 is 2.24 bits per heavy atom. The van der Waals surface area contributed by atoms with Crippen molar-refractivity contribution < 1.29 is 14.3 Å². The van der Waals surface area contributed by atoms with Gasteiger partial charge in [-0.3, -0.25) is 24.4 Å². The molecule has 1 aromatic heterocycles. The molecule has 8 nitrogen and oxygen atoms in total. The van der Waals surface area contributed by atoms with Crippen molar-refractivity contribution in [1.29, 1.82) is 0 Å². The molecule has 1 aliphatic heterocycles. The van der Waals surface area contributed by atoms with Crippen molar-refractivity contribution in [2.24, 2.45) is 5.92 Å². The van der Waals surface area contributed by atoms with Gasteiger partial charge in [0.2, 0.25) is 17.8 Å². The first kappa shape index (κ1) is 26.6. The summed E-state index contributed by atoms with van der Waals surface area (Å²) in [6, 6.07) is 16.2. The normalized spacial score (nSPS) is 14.1. The van der Waals surface area contributed by atoms with Crippen LogP contribution in [0.4, 0.5) is 5.95 Å². The van der Waals surface area contributed by atoms with E-state index >= 15 is 0 Å². The molecule has 196 valence electrons. The maximum Gasteiger partial charge on any atom is 0.246 e. The Morgan fingerprint density at radius 1 is 1.00 bits per heavy atom. The van der Waals surface area contributed by atoms with Crippen molar-refractivity contribution >= 4 is 17.8 Å². The maximum atomic E-state index is 13.2. The van der Waals surface area contributed by atoms with Gasteiger partial charge in [-0.05, 0) is 26.0 Å². The molecule has 2 amide bonds. The van der Waals surface area contributed by atoms with Crippen LogP contribution in [0.5, 0.6) is 0 Å². The molecule has 0 saturated carbocycles. The Balaban J connectivity index is 1.54. The highest BCUT2D eigenvalue weighted by atomic mass is 16.5. The first-order valence-electron chi connectivity index (χ1n) is 12.9. The van der Waals surface area contributed by atoms with Gasteiger partial charge in [0.05, 0.1) is 25.5 Å². The zero-order valence-corrected chi connectivity index (χ0v) is 22.2.